The molecule has 1 unspecified atom stereocenters. The van der Waals surface area contributed by atoms with E-state index in [1.54, 1.807) is 13.8 Å². The smallest absolute Gasteiger partial charge is 0.421 e. The van der Waals surface area contributed by atoms with Crippen LogP contribution in [0.1, 0.15) is 30.0 Å². The first-order valence-electron chi connectivity index (χ1n) is 5.62. The molecule has 0 radical (unpaired) electrons. The summed E-state index contributed by atoms with van der Waals surface area (Å²) in [6.45, 7) is 4.54. The lowest BCUT2D eigenvalue weighted by atomic mass is 9.85. The van der Waals surface area contributed by atoms with E-state index in [1.165, 1.54) is 26.2 Å². The number of aliphatic hydroxyl groups is 1. The number of hydrogen-bond donors (Lipinski definition) is 1. The lowest BCUT2D eigenvalue weighted by Crippen LogP contribution is -2.42. The fourth-order valence-corrected chi connectivity index (χ4v) is 2.01. The molecule has 0 bridgehead atoms. The van der Waals surface area contributed by atoms with Crippen molar-refractivity contribution in [2.45, 2.75) is 39.0 Å². The minimum Gasteiger partial charge on any atom is -0.496 e. The van der Waals surface area contributed by atoms with Crippen molar-refractivity contribution in [1.82, 2.24) is 0 Å². The van der Waals surface area contributed by atoms with E-state index >= 15 is 0 Å². The van der Waals surface area contributed by atoms with Crippen LogP contribution in [0, 0.1) is 13.8 Å². The molecule has 0 saturated heterocycles. The topological polar surface area (TPSA) is 29.5 Å². The molecule has 0 aliphatic heterocycles. The Kier molecular flexibility index (Phi) is 3.96. The highest BCUT2D eigenvalue weighted by molar-refractivity contribution is 5.46. The number of alkyl halides is 3. The van der Waals surface area contributed by atoms with Crippen LogP contribution in [0.3, 0.4) is 0 Å². The molecule has 2 nitrogen and oxygen atoms in total. The van der Waals surface area contributed by atoms with E-state index in [0.29, 0.717) is 16.9 Å². The lowest BCUT2D eigenvalue weighted by Gasteiger charge is -2.32. The lowest BCUT2D eigenvalue weighted by molar-refractivity contribution is -0.268. The molecule has 0 amide bonds. The van der Waals surface area contributed by atoms with Crippen molar-refractivity contribution in [2.24, 2.45) is 0 Å². The zero-order valence-electron chi connectivity index (χ0n) is 10.9. The van der Waals surface area contributed by atoms with Crippen LogP contribution in [0.4, 0.5) is 13.2 Å². The first-order valence-corrected chi connectivity index (χ1v) is 5.62. The zero-order valence-corrected chi connectivity index (χ0v) is 10.9. The minimum absolute atomic E-state index is 0.115. The van der Waals surface area contributed by atoms with Crippen molar-refractivity contribution in [3.63, 3.8) is 0 Å². The van der Waals surface area contributed by atoms with Gasteiger partial charge in [0.2, 0.25) is 0 Å². The third-order valence-corrected chi connectivity index (χ3v) is 3.38. The maximum atomic E-state index is 13.0. The van der Waals surface area contributed by atoms with E-state index in [9.17, 15) is 18.3 Å². The SMILES string of the molecule is CCC(O)(c1ccc(OC)c(C)c1C)C(F)(F)F. The Morgan fingerprint density at radius 2 is 1.72 bits per heavy atom. The average molecular weight is 262 g/mol. The summed E-state index contributed by atoms with van der Waals surface area (Å²) in [4.78, 5) is 0. The van der Waals surface area contributed by atoms with Gasteiger partial charge < -0.3 is 9.84 Å². The largest absolute Gasteiger partial charge is 0.496 e. The predicted octanol–water partition coefficient (Wildman–Crippen LogP) is 3.47. The van der Waals surface area contributed by atoms with Gasteiger partial charge in [-0.05, 0) is 43.0 Å². The van der Waals surface area contributed by atoms with E-state index < -0.39 is 18.2 Å². The quantitative estimate of drug-likeness (QED) is 0.903. The van der Waals surface area contributed by atoms with Gasteiger partial charge in [0.15, 0.2) is 5.60 Å². The fourth-order valence-electron chi connectivity index (χ4n) is 2.01. The summed E-state index contributed by atoms with van der Waals surface area (Å²) < 4.78 is 44.1. The van der Waals surface area contributed by atoms with Gasteiger partial charge in [0.05, 0.1) is 7.11 Å². The molecule has 1 atom stereocenters. The third-order valence-electron chi connectivity index (χ3n) is 3.38. The second-order valence-electron chi connectivity index (χ2n) is 4.28. The molecule has 0 aliphatic carbocycles. The molecule has 0 heterocycles. The van der Waals surface area contributed by atoms with Crippen LogP contribution >= 0.6 is 0 Å². The highest BCUT2D eigenvalue weighted by atomic mass is 19.4. The second kappa shape index (κ2) is 4.80. The molecule has 18 heavy (non-hydrogen) atoms. The van der Waals surface area contributed by atoms with Gasteiger partial charge >= 0.3 is 6.18 Å². The van der Waals surface area contributed by atoms with Crippen molar-refractivity contribution in [2.75, 3.05) is 7.11 Å². The van der Waals surface area contributed by atoms with Crippen LogP contribution in [-0.4, -0.2) is 18.4 Å². The number of rotatable bonds is 3. The van der Waals surface area contributed by atoms with Gasteiger partial charge in [0, 0.05) is 0 Å². The monoisotopic (exact) mass is 262 g/mol. The van der Waals surface area contributed by atoms with Gasteiger partial charge in [-0.2, -0.15) is 13.2 Å². The summed E-state index contributed by atoms with van der Waals surface area (Å²) in [7, 11) is 1.46. The second-order valence-corrected chi connectivity index (χ2v) is 4.28. The molecule has 1 rings (SSSR count). The minimum atomic E-state index is -4.70. The Hall–Kier alpha value is -1.23. The molecule has 0 fully saturated rings. The number of benzene rings is 1. The molecule has 0 aromatic heterocycles. The van der Waals surface area contributed by atoms with Crippen LogP contribution in [0.25, 0.3) is 0 Å². The predicted molar refractivity (Wildman–Crippen MR) is 62.7 cm³/mol. The highest BCUT2D eigenvalue weighted by Gasteiger charge is 2.54. The van der Waals surface area contributed by atoms with Crippen LogP contribution in [-0.2, 0) is 5.60 Å². The summed E-state index contributed by atoms with van der Waals surface area (Å²) in [6, 6.07) is 2.72. The standard InChI is InChI=1S/C13H17F3O2/c1-5-12(17,13(14,15)16)10-6-7-11(18-4)9(3)8(10)2/h6-7,17H,5H2,1-4H3. The maximum absolute atomic E-state index is 13.0. The number of ether oxygens (including phenoxy) is 1. The molecular weight excluding hydrogens is 245 g/mol. The highest BCUT2D eigenvalue weighted by Crippen LogP contribution is 2.44. The van der Waals surface area contributed by atoms with Crippen molar-refractivity contribution in [3.05, 3.63) is 28.8 Å². The third kappa shape index (κ3) is 2.19. The first kappa shape index (κ1) is 14.8. The molecule has 5 heteroatoms. The van der Waals surface area contributed by atoms with Gasteiger partial charge in [0.25, 0.3) is 0 Å². The van der Waals surface area contributed by atoms with Crippen molar-refractivity contribution < 1.29 is 23.0 Å². The Morgan fingerprint density at radius 3 is 2.11 bits per heavy atom. The summed E-state index contributed by atoms with van der Waals surface area (Å²) in [6.07, 6.45) is -5.13. The molecule has 0 saturated carbocycles. The summed E-state index contributed by atoms with van der Waals surface area (Å²) in [5.41, 5.74) is -1.92. The Balaban J connectivity index is 3.46. The van der Waals surface area contributed by atoms with E-state index in [0.717, 1.165) is 0 Å². The summed E-state index contributed by atoms with van der Waals surface area (Å²) >= 11 is 0. The van der Waals surface area contributed by atoms with E-state index in [2.05, 4.69) is 0 Å². The van der Waals surface area contributed by atoms with Crippen LogP contribution < -0.4 is 4.74 Å². The molecule has 1 N–H and O–H groups in total. The molecule has 1 aromatic carbocycles. The maximum Gasteiger partial charge on any atom is 0.421 e. The molecule has 1 aromatic rings. The summed E-state index contributed by atoms with van der Waals surface area (Å²) in [5.74, 6) is 0.511. The van der Waals surface area contributed by atoms with Gasteiger partial charge in [-0.25, -0.2) is 0 Å². The average Bonchev–Trinajstić information content (AvgIpc) is 2.30. The Morgan fingerprint density at radius 1 is 1.17 bits per heavy atom. The van der Waals surface area contributed by atoms with Crippen molar-refractivity contribution >= 4 is 0 Å². The van der Waals surface area contributed by atoms with Crippen LogP contribution in [0.15, 0.2) is 12.1 Å². The Labute approximate surface area is 104 Å². The number of methoxy groups -OCH3 is 1. The van der Waals surface area contributed by atoms with E-state index in [4.69, 9.17) is 4.74 Å². The van der Waals surface area contributed by atoms with Gasteiger partial charge in [-0.3, -0.25) is 0 Å². The van der Waals surface area contributed by atoms with Gasteiger partial charge in [-0.15, -0.1) is 0 Å². The molecular formula is C13H17F3O2. The van der Waals surface area contributed by atoms with E-state index in [-0.39, 0.29) is 5.56 Å². The Bertz CT molecular complexity index is 441. The van der Waals surface area contributed by atoms with Gasteiger partial charge in [0.1, 0.15) is 5.75 Å². The molecule has 0 aliphatic rings. The zero-order chi connectivity index (χ0) is 14.1. The van der Waals surface area contributed by atoms with Crippen molar-refractivity contribution in [3.8, 4) is 5.75 Å². The molecule has 102 valence electrons. The number of halogens is 3. The van der Waals surface area contributed by atoms with Gasteiger partial charge in [-0.1, -0.05) is 13.0 Å². The fraction of sp³-hybridized carbons (Fsp3) is 0.538. The number of hydrogen-bond acceptors (Lipinski definition) is 2. The summed E-state index contributed by atoms with van der Waals surface area (Å²) in [5, 5.41) is 9.93. The van der Waals surface area contributed by atoms with Crippen LogP contribution in [0.2, 0.25) is 0 Å². The van der Waals surface area contributed by atoms with Crippen LogP contribution in [0.5, 0.6) is 5.75 Å². The normalized spacial score (nSPS) is 15.3. The van der Waals surface area contributed by atoms with Crippen molar-refractivity contribution in [1.29, 1.82) is 0 Å². The van der Waals surface area contributed by atoms with E-state index in [1.807, 2.05) is 0 Å². The molecule has 0 spiro atoms. The first-order chi connectivity index (χ1) is 8.19.